The second kappa shape index (κ2) is 7.28. The van der Waals surface area contributed by atoms with Gasteiger partial charge in [0.1, 0.15) is 29.3 Å². The number of hydrogen-bond acceptors (Lipinski definition) is 8. The normalized spacial score (nSPS) is 30.6. The molecule has 168 valence electrons. The maximum atomic E-state index is 6.48. The van der Waals surface area contributed by atoms with Crippen LogP contribution in [0.5, 0.6) is 0 Å². The summed E-state index contributed by atoms with van der Waals surface area (Å²) in [5.74, 6) is 0.190. The van der Waals surface area contributed by atoms with E-state index in [1.807, 2.05) is 13.8 Å². The van der Waals surface area contributed by atoms with Crippen LogP contribution in [0, 0.1) is 0 Å². The van der Waals surface area contributed by atoms with E-state index in [2.05, 4.69) is 48.7 Å². The first-order valence-electron chi connectivity index (χ1n) is 10.5. The van der Waals surface area contributed by atoms with Crippen LogP contribution in [-0.4, -0.2) is 61.8 Å². The van der Waals surface area contributed by atoms with Gasteiger partial charge in [-0.25, -0.2) is 4.98 Å². The quantitative estimate of drug-likeness (QED) is 0.544. The van der Waals surface area contributed by atoms with Crippen LogP contribution in [0.4, 0.5) is 11.8 Å². The van der Waals surface area contributed by atoms with Crippen molar-refractivity contribution < 1.29 is 18.6 Å². The van der Waals surface area contributed by atoms with Gasteiger partial charge in [-0.1, -0.05) is 32.4 Å². The molecule has 3 aliphatic rings. The molecule has 2 fully saturated rings. The highest BCUT2D eigenvalue weighted by Crippen LogP contribution is 2.44. The van der Waals surface area contributed by atoms with Crippen molar-refractivity contribution in [3.8, 4) is 0 Å². The standard InChI is InChI=1S/C20H33ClN4O4Si/c1-19(2,3)30(6,7)26-10-12-13-14(29-20(4,5)28-13)17(27-12)25-9-8-11-15(21)23-18(22)24-16(11)25/h12-14,17H,8-10H2,1-7H3,(H2,22,23,24)/t12-,13-,14-,17-/m1/s1. The van der Waals surface area contributed by atoms with Crippen molar-refractivity contribution in [2.24, 2.45) is 0 Å². The van der Waals surface area contributed by atoms with Crippen molar-refractivity contribution in [3.63, 3.8) is 0 Å². The third-order valence-electron chi connectivity index (χ3n) is 6.67. The molecule has 0 spiro atoms. The maximum Gasteiger partial charge on any atom is 0.223 e. The Bertz CT molecular complexity index is 832. The summed E-state index contributed by atoms with van der Waals surface area (Å²) in [4.78, 5) is 10.6. The fraction of sp³-hybridized carbons (Fsp3) is 0.800. The summed E-state index contributed by atoms with van der Waals surface area (Å²) in [5.41, 5.74) is 6.75. The van der Waals surface area contributed by atoms with E-state index in [0.717, 1.165) is 17.8 Å². The molecule has 4 heterocycles. The minimum Gasteiger partial charge on any atom is -0.414 e. The molecule has 1 aromatic heterocycles. The van der Waals surface area contributed by atoms with E-state index in [0.29, 0.717) is 18.3 Å². The Morgan fingerprint density at radius 1 is 1.23 bits per heavy atom. The van der Waals surface area contributed by atoms with Gasteiger partial charge in [-0.3, -0.25) is 0 Å². The molecule has 4 rings (SSSR count). The van der Waals surface area contributed by atoms with Crippen molar-refractivity contribution in [2.45, 2.75) is 89.5 Å². The average molecular weight is 457 g/mol. The molecule has 10 heteroatoms. The molecule has 0 aromatic carbocycles. The van der Waals surface area contributed by atoms with Gasteiger partial charge >= 0.3 is 0 Å². The lowest BCUT2D eigenvalue weighted by Gasteiger charge is -2.37. The van der Waals surface area contributed by atoms with Gasteiger partial charge < -0.3 is 29.3 Å². The van der Waals surface area contributed by atoms with Crippen LogP contribution in [0.1, 0.15) is 40.2 Å². The van der Waals surface area contributed by atoms with Crippen LogP contribution in [-0.2, 0) is 25.1 Å². The number of nitrogens with two attached hydrogens (primary N) is 1. The van der Waals surface area contributed by atoms with Gasteiger partial charge in [0.25, 0.3) is 0 Å². The van der Waals surface area contributed by atoms with Gasteiger partial charge in [-0.05, 0) is 38.4 Å². The fourth-order valence-corrected chi connectivity index (χ4v) is 5.33. The zero-order chi connectivity index (χ0) is 22.1. The zero-order valence-electron chi connectivity index (χ0n) is 18.9. The predicted molar refractivity (Wildman–Crippen MR) is 118 cm³/mol. The Hall–Kier alpha value is -0.973. The Morgan fingerprint density at radius 3 is 2.57 bits per heavy atom. The first-order valence-corrected chi connectivity index (χ1v) is 13.8. The smallest absolute Gasteiger partial charge is 0.223 e. The Balaban J connectivity index is 1.58. The number of fused-ring (bicyclic) bond motifs is 2. The summed E-state index contributed by atoms with van der Waals surface area (Å²) in [7, 11) is -1.92. The Labute approximate surface area is 184 Å². The highest BCUT2D eigenvalue weighted by atomic mass is 35.5. The minimum absolute atomic E-state index is 0.121. The van der Waals surface area contributed by atoms with Gasteiger partial charge in [0, 0.05) is 12.1 Å². The van der Waals surface area contributed by atoms with Gasteiger partial charge in [0.15, 0.2) is 20.3 Å². The Kier molecular flexibility index (Phi) is 5.39. The van der Waals surface area contributed by atoms with Crippen LogP contribution in [0.25, 0.3) is 0 Å². The van der Waals surface area contributed by atoms with Crippen molar-refractivity contribution in [3.05, 3.63) is 10.7 Å². The summed E-state index contributed by atoms with van der Waals surface area (Å²) < 4.78 is 25.4. The molecule has 0 aliphatic carbocycles. The first kappa shape index (κ1) is 22.2. The Morgan fingerprint density at radius 2 is 1.90 bits per heavy atom. The molecule has 4 atom stereocenters. The molecule has 0 amide bonds. The molecule has 0 bridgehead atoms. The molecule has 30 heavy (non-hydrogen) atoms. The molecule has 0 saturated carbocycles. The van der Waals surface area contributed by atoms with Crippen molar-refractivity contribution >= 4 is 31.7 Å². The summed E-state index contributed by atoms with van der Waals surface area (Å²) in [5, 5.41) is 0.520. The molecule has 8 nitrogen and oxygen atoms in total. The number of ether oxygens (including phenoxy) is 3. The lowest BCUT2D eigenvalue weighted by atomic mass is 10.1. The number of nitrogen functional groups attached to an aromatic ring is 1. The molecular formula is C20H33ClN4O4Si. The van der Waals surface area contributed by atoms with Crippen molar-refractivity contribution in [2.75, 3.05) is 23.8 Å². The summed E-state index contributed by atoms with van der Waals surface area (Å²) in [6.45, 7) is 16.2. The molecular weight excluding hydrogens is 424 g/mol. The number of anilines is 2. The van der Waals surface area contributed by atoms with Crippen LogP contribution in [0.15, 0.2) is 0 Å². The van der Waals surface area contributed by atoms with Gasteiger partial charge in [0.05, 0.1) is 6.61 Å². The third kappa shape index (κ3) is 3.84. The second-order valence-corrected chi connectivity index (χ2v) is 15.5. The van der Waals surface area contributed by atoms with Gasteiger partial charge in [-0.2, -0.15) is 4.98 Å². The van der Waals surface area contributed by atoms with E-state index in [-0.39, 0.29) is 35.5 Å². The van der Waals surface area contributed by atoms with E-state index in [1.165, 1.54) is 0 Å². The zero-order valence-corrected chi connectivity index (χ0v) is 20.6. The van der Waals surface area contributed by atoms with Crippen LogP contribution in [0.2, 0.25) is 23.3 Å². The lowest BCUT2D eigenvalue weighted by Crippen LogP contribution is -2.44. The number of hydrogen-bond donors (Lipinski definition) is 1. The van der Waals surface area contributed by atoms with Crippen LogP contribution >= 0.6 is 11.6 Å². The van der Waals surface area contributed by atoms with Crippen molar-refractivity contribution in [1.82, 2.24) is 9.97 Å². The molecule has 2 saturated heterocycles. The van der Waals surface area contributed by atoms with E-state index in [4.69, 9.17) is 36.0 Å². The summed E-state index contributed by atoms with van der Waals surface area (Å²) in [6, 6.07) is 0. The van der Waals surface area contributed by atoms with E-state index >= 15 is 0 Å². The van der Waals surface area contributed by atoms with Gasteiger partial charge in [-0.15, -0.1) is 0 Å². The fourth-order valence-electron chi connectivity index (χ4n) is 4.05. The SMILES string of the molecule is CC1(C)O[C@@H]2[C@H](O1)[C@@H](CO[Si](C)(C)C(C)(C)C)O[C@H]2N1CCc2c(Cl)nc(N)nc21. The molecule has 2 N–H and O–H groups in total. The molecule has 0 radical (unpaired) electrons. The molecule has 1 aromatic rings. The third-order valence-corrected chi connectivity index (χ3v) is 11.5. The summed E-state index contributed by atoms with van der Waals surface area (Å²) >= 11 is 6.30. The predicted octanol–water partition coefficient (Wildman–Crippen LogP) is 3.34. The lowest BCUT2D eigenvalue weighted by molar-refractivity contribution is -0.189. The topological polar surface area (TPSA) is 92.0 Å². The first-order chi connectivity index (χ1) is 13.8. The monoisotopic (exact) mass is 456 g/mol. The van der Waals surface area contributed by atoms with Crippen LogP contribution in [0.3, 0.4) is 0 Å². The van der Waals surface area contributed by atoms with E-state index in [9.17, 15) is 0 Å². The van der Waals surface area contributed by atoms with E-state index < -0.39 is 14.1 Å². The maximum absolute atomic E-state index is 6.48. The summed E-state index contributed by atoms with van der Waals surface area (Å²) in [6.07, 6.45) is -0.311. The average Bonchev–Trinajstić information content (AvgIpc) is 3.23. The van der Waals surface area contributed by atoms with E-state index in [1.54, 1.807) is 0 Å². The van der Waals surface area contributed by atoms with Gasteiger partial charge in [0.2, 0.25) is 5.95 Å². The van der Waals surface area contributed by atoms with Crippen molar-refractivity contribution in [1.29, 1.82) is 0 Å². The number of halogens is 1. The molecule has 3 aliphatic heterocycles. The highest BCUT2D eigenvalue weighted by molar-refractivity contribution is 6.74. The van der Waals surface area contributed by atoms with Crippen LogP contribution < -0.4 is 10.6 Å². The molecule has 0 unspecified atom stereocenters. The minimum atomic E-state index is -1.92. The number of rotatable bonds is 4. The highest BCUT2D eigenvalue weighted by Gasteiger charge is 2.58. The number of nitrogens with zero attached hydrogens (tertiary/aromatic N) is 3. The largest absolute Gasteiger partial charge is 0.414 e. The second-order valence-electron chi connectivity index (χ2n) is 10.3. The number of aromatic nitrogens is 2.